The van der Waals surface area contributed by atoms with Gasteiger partial charge in [0.05, 0.1) is 13.2 Å². The van der Waals surface area contributed by atoms with Crippen LogP contribution >= 0.6 is 0 Å². The van der Waals surface area contributed by atoms with E-state index in [4.69, 9.17) is 9.15 Å². The Hall–Kier alpha value is -2.81. The molecule has 1 aliphatic heterocycles. The molecule has 1 saturated heterocycles. The SMILES string of the molecule is Fc1ccc2nc(N3CCOC(c4cccc(OC(F)(F)F)c4)C3)oc2c1. The Morgan fingerprint density at radius 3 is 2.81 bits per heavy atom. The predicted molar refractivity (Wildman–Crippen MR) is 88.0 cm³/mol. The van der Waals surface area contributed by atoms with Crippen LogP contribution in [-0.2, 0) is 4.74 Å². The lowest BCUT2D eigenvalue weighted by atomic mass is 10.1. The minimum atomic E-state index is -4.76. The zero-order valence-electron chi connectivity index (χ0n) is 13.9. The highest BCUT2D eigenvalue weighted by Gasteiger charge is 2.32. The van der Waals surface area contributed by atoms with Gasteiger partial charge in [0.25, 0.3) is 6.01 Å². The molecule has 1 fully saturated rings. The van der Waals surface area contributed by atoms with E-state index >= 15 is 0 Å². The van der Waals surface area contributed by atoms with Crippen molar-refractivity contribution in [1.29, 1.82) is 0 Å². The second-order valence-electron chi connectivity index (χ2n) is 6.03. The Balaban J connectivity index is 1.54. The molecule has 3 aromatic rings. The van der Waals surface area contributed by atoms with E-state index in [1.807, 2.05) is 4.90 Å². The number of fused-ring (bicyclic) bond motifs is 1. The molecule has 0 bridgehead atoms. The van der Waals surface area contributed by atoms with Crippen molar-refractivity contribution in [2.24, 2.45) is 0 Å². The molecule has 5 nitrogen and oxygen atoms in total. The number of morpholine rings is 1. The number of oxazole rings is 1. The molecule has 2 aromatic carbocycles. The van der Waals surface area contributed by atoms with Crippen molar-refractivity contribution in [2.45, 2.75) is 12.5 Å². The molecule has 4 rings (SSSR count). The summed E-state index contributed by atoms with van der Waals surface area (Å²) < 4.78 is 65.8. The minimum Gasteiger partial charge on any atom is -0.423 e. The van der Waals surface area contributed by atoms with Crippen molar-refractivity contribution in [3.05, 3.63) is 53.8 Å². The van der Waals surface area contributed by atoms with Crippen molar-refractivity contribution in [3.63, 3.8) is 0 Å². The van der Waals surface area contributed by atoms with E-state index in [0.29, 0.717) is 42.4 Å². The van der Waals surface area contributed by atoms with Crippen LogP contribution in [0, 0.1) is 5.82 Å². The maximum absolute atomic E-state index is 13.3. The smallest absolute Gasteiger partial charge is 0.423 e. The third-order valence-electron chi connectivity index (χ3n) is 4.14. The fourth-order valence-electron chi connectivity index (χ4n) is 2.96. The van der Waals surface area contributed by atoms with E-state index in [2.05, 4.69) is 9.72 Å². The molecule has 1 atom stereocenters. The molecule has 1 aromatic heterocycles. The summed E-state index contributed by atoms with van der Waals surface area (Å²) in [5.74, 6) is -0.732. The fourth-order valence-corrected chi connectivity index (χ4v) is 2.96. The first-order chi connectivity index (χ1) is 12.9. The van der Waals surface area contributed by atoms with E-state index in [0.717, 1.165) is 0 Å². The molecule has 1 unspecified atom stereocenters. The van der Waals surface area contributed by atoms with Gasteiger partial charge in [-0.3, -0.25) is 0 Å². The summed E-state index contributed by atoms with van der Waals surface area (Å²) in [6.07, 6.45) is -5.24. The lowest BCUT2D eigenvalue weighted by Crippen LogP contribution is -2.38. The van der Waals surface area contributed by atoms with Crippen LogP contribution in [0.2, 0.25) is 0 Å². The van der Waals surface area contributed by atoms with Crippen molar-refractivity contribution in [3.8, 4) is 5.75 Å². The summed E-state index contributed by atoms with van der Waals surface area (Å²) in [6.45, 7) is 1.15. The molecular weight excluding hydrogens is 368 g/mol. The number of alkyl halides is 3. The average Bonchev–Trinajstić information content (AvgIpc) is 3.04. The van der Waals surface area contributed by atoms with Gasteiger partial charge in [-0.2, -0.15) is 4.98 Å². The molecule has 2 heterocycles. The Morgan fingerprint density at radius 1 is 1.15 bits per heavy atom. The minimum absolute atomic E-state index is 0.307. The zero-order chi connectivity index (χ0) is 19.0. The second-order valence-corrected chi connectivity index (χ2v) is 6.03. The predicted octanol–water partition coefficient (Wildman–Crippen LogP) is 4.44. The number of halogens is 4. The van der Waals surface area contributed by atoms with Gasteiger partial charge in [0.15, 0.2) is 5.58 Å². The van der Waals surface area contributed by atoms with Crippen LogP contribution in [0.25, 0.3) is 11.1 Å². The van der Waals surface area contributed by atoms with Crippen LogP contribution in [0.5, 0.6) is 5.75 Å². The summed E-state index contributed by atoms with van der Waals surface area (Å²) in [4.78, 5) is 6.14. The van der Waals surface area contributed by atoms with Gasteiger partial charge in [-0.25, -0.2) is 4.39 Å². The summed E-state index contributed by atoms with van der Waals surface area (Å²) in [5, 5.41) is 0. The van der Waals surface area contributed by atoms with Crippen molar-refractivity contribution >= 4 is 17.1 Å². The van der Waals surface area contributed by atoms with E-state index < -0.39 is 18.3 Å². The number of ether oxygens (including phenoxy) is 2. The Kier molecular flexibility index (Phi) is 4.39. The standard InChI is InChI=1S/C18H14F4N2O3/c19-12-4-5-14-15(9-12)26-17(23-14)24-6-7-25-16(10-24)11-2-1-3-13(8-11)27-18(20,21)22/h1-5,8-9,16H,6-7,10H2. The van der Waals surface area contributed by atoms with Gasteiger partial charge in [-0.1, -0.05) is 12.1 Å². The monoisotopic (exact) mass is 382 g/mol. The molecule has 9 heteroatoms. The van der Waals surface area contributed by atoms with E-state index in [9.17, 15) is 17.6 Å². The number of benzene rings is 2. The van der Waals surface area contributed by atoms with Gasteiger partial charge in [-0.05, 0) is 29.8 Å². The Morgan fingerprint density at radius 2 is 2.00 bits per heavy atom. The third-order valence-corrected chi connectivity index (χ3v) is 4.14. The van der Waals surface area contributed by atoms with Crippen molar-refractivity contribution in [1.82, 2.24) is 4.98 Å². The van der Waals surface area contributed by atoms with Crippen LogP contribution in [-0.4, -0.2) is 31.0 Å². The van der Waals surface area contributed by atoms with Gasteiger partial charge >= 0.3 is 6.36 Å². The largest absolute Gasteiger partial charge is 0.573 e. The fraction of sp³-hybridized carbons (Fsp3) is 0.278. The average molecular weight is 382 g/mol. The molecule has 0 aliphatic carbocycles. The number of nitrogens with zero attached hydrogens (tertiary/aromatic N) is 2. The Bertz CT molecular complexity index is 957. The number of anilines is 1. The highest BCUT2D eigenvalue weighted by atomic mass is 19.4. The number of hydrogen-bond acceptors (Lipinski definition) is 5. The zero-order valence-corrected chi connectivity index (χ0v) is 13.9. The molecule has 0 radical (unpaired) electrons. The van der Waals surface area contributed by atoms with Crippen LogP contribution < -0.4 is 9.64 Å². The summed E-state index contributed by atoms with van der Waals surface area (Å²) in [5.41, 5.74) is 1.40. The highest BCUT2D eigenvalue weighted by Crippen LogP contribution is 2.31. The highest BCUT2D eigenvalue weighted by molar-refractivity contribution is 5.74. The van der Waals surface area contributed by atoms with Gasteiger partial charge in [-0.15, -0.1) is 13.2 Å². The molecule has 0 spiro atoms. The maximum atomic E-state index is 13.3. The first-order valence-corrected chi connectivity index (χ1v) is 8.16. The normalized spacial score (nSPS) is 18.1. The van der Waals surface area contributed by atoms with Crippen LogP contribution in [0.3, 0.4) is 0 Å². The lowest BCUT2D eigenvalue weighted by Gasteiger charge is -2.32. The maximum Gasteiger partial charge on any atom is 0.573 e. The number of rotatable bonds is 3. The van der Waals surface area contributed by atoms with Gasteiger partial charge in [0.1, 0.15) is 23.2 Å². The molecule has 0 N–H and O–H groups in total. The molecular formula is C18H14F4N2O3. The van der Waals surface area contributed by atoms with Gasteiger partial charge < -0.3 is 18.8 Å². The second kappa shape index (κ2) is 6.73. The quantitative estimate of drug-likeness (QED) is 0.627. The van der Waals surface area contributed by atoms with E-state index in [1.165, 1.54) is 36.4 Å². The lowest BCUT2D eigenvalue weighted by molar-refractivity contribution is -0.274. The molecule has 0 saturated carbocycles. The Labute approximate surface area is 151 Å². The topological polar surface area (TPSA) is 47.7 Å². The van der Waals surface area contributed by atoms with Crippen LogP contribution in [0.4, 0.5) is 23.6 Å². The van der Waals surface area contributed by atoms with Crippen LogP contribution in [0.15, 0.2) is 46.9 Å². The van der Waals surface area contributed by atoms with Crippen molar-refractivity contribution < 1.29 is 31.5 Å². The molecule has 0 amide bonds. The number of hydrogen-bond donors (Lipinski definition) is 0. The van der Waals surface area contributed by atoms with E-state index in [1.54, 1.807) is 6.07 Å². The third kappa shape index (κ3) is 3.97. The number of aromatic nitrogens is 1. The van der Waals surface area contributed by atoms with Crippen LogP contribution in [0.1, 0.15) is 11.7 Å². The summed E-state index contributed by atoms with van der Waals surface area (Å²) in [7, 11) is 0. The first kappa shape index (κ1) is 17.6. The molecule has 27 heavy (non-hydrogen) atoms. The van der Waals surface area contributed by atoms with Gasteiger partial charge in [0, 0.05) is 12.6 Å². The molecule has 1 aliphatic rings. The van der Waals surface area contributed by atoms with Crippen molar-refractivity contribution in [2.75, 3.05) is 24.6 Å². The van der Waals surface area contributed by atoms with E-state index in [-0.39, 0.29) is 5.75 Å². The summed E-state index contributed by atoms with van der Waals surface area (Å²) in [6, 6.07) is 10.0. The first-order valence-electron chi connectivity index (χ1n) is 8.16. The molecule has 142 valence electrons. The van der Waals surface area contributed by atoms with Gasteiger partial charge in [0.2, 0.25) is 0 Å². The summed E-state index contributed by atoms with van der Waals surface area (Å²) >= 11 is 0.